The third kappa shape index (κ3) is 5.78. The van der Waals surface area contributed by atoms with Gasteiger partial charge in [-0.2, -0.15) is 4.52 Å². The van der Waals surface area contributed by atoms with Gasteiger partial charge in [0.1, 0.15) is 23.9 Å². The van der Waals surface area contributed by atoms with Crippen LogP contribution in [0, 0.1) is 13.8 Å². The summed E-state index contributed by atoms with van der Waals surface area (Å²) in [7, 11) is 3.17. The normalized spacial score (nSPS) is 10.7. The van der Waals surface area contributed by atoms with Crippen molar-refractivity contribution < 1.29 is 23.7 Å². The minimum absolute atomic E-state index is 0.0699. The van der Waals surface area contributed by atoms with E-state index in [4.69, 9.17) is 18.9 Å². The van der Waals surface area contributed by atoms with Crippen LogP contribution in [-0.2, 0) is 4.79 Å². The van der Waals surface area contributed by atoms with Crippen LogP contribution in [0.3, 0.4) is 0 Å². The van der Waals surface area contributed by atoms with Gasteiger partial charge in [0.2, 0.25) is 5.88 Å². The number of carbonyl (C=O) groups is 1. The van der Waals surface area contributed by atoms with Crippen LogP contribution in [-0.4, -0.2) is 59.7 Å². The maximum Gasteiger partial charge on any atom is 0.258 e. The number of amides is 1. The van der Waals surface area contributed by atoms with E-state index in [-0.39, 0.29) is 19.1 Å². The molecule has 1 amide bonds. The molecular formula is C25H27N5O5. The Bertz CT molecular complexity index is 1320. The molecular weight excluding hydrogens is 450 g/mol. The van der Waals surface area contributed by atoms with Crippen molar-refractivity contribution in [3.05, 3.63) is 59.7 Å². The molecule has 35 heavy (non-hydrogen) atoms. The number of ether oxygens (including phenoxy) is 4. The highest BCUT2D eigenvalue weighted by Gasteiger charge is 2.16. The Kier molecular flexibility index (Phi) is 7.30. The van der Waals surface area contributed by atoms with Gasteiger partial charge in [-0.3, -0.25) is 4.79 Å². The fourth-order valence-electron chi connectivity index (χ4n) is 3.57. The topological polar surface area (TPSA) is 109 Å². The first-order valence-corrected chi connectivity index (χ1v) is 11.0. The third-order valence-electron chi connectivity index (χ3n) is 5.13. The molecule has 2 aromatic carbocycles. The molecule has 0 bridgehead atoms. The first-order valence-electron chi connectivity index (χ1n) is 11.0. The molecule has 4 rings (SSSR count). The maximum atomic E-state index is 12.1. The molecule has 0 aliphatic heterocycles. The second-order valence-electron chi connectivity index (χ2n) is 7.84. The van der Waals surface area contributed by atoms with E-state index in [1.807, 2.05) is 32.0 Å². The van der Waals surface area contributed by atoms with E-state index in [1.54, 1.807) is 49.1 Å². The maximum absolute atomic E-state index is 12.1. The van der Waals surface area contributed by atoms with Crippen molar-refractivity contribution in [3.63, 3.8) is 0 Å². The SMILES string of the molecule is COc1ccc(OC)c(-c2nnc3ccc(OCCNC(=O)COc4cc(C)cc(C)c4)nn23)c1. The van der Waals surface area contributed by atoms with Crippen LogP contribution in [0.15, 0.2) is 48.5 Å². The van der Waals surface area contributed by atoms with Crippen LogP contribution in [0.5, 0.6) is 23.1 Å². The number of hydrogen-bond donors (Lipinski definition) is 1. The molecule has 0 saturated carbocycles. The highest BCUT2D eigenvalue weighted by Crippen LogP contribution is 2.32. The zero-order valence-corrected chi connectivity index (χ0v) is 20.1. The summed E-state index contributed by atoms with van der Waals surface area (Å²) >= 11 is 0. The summed E-state index contributed by atoms with van der Waals surface area (Å²) in [5.74, 6) is 2.55. The molecule has 0 spiro atoms. The van der Waals surface area contributed by atoms with E-state index in [2.05, 4.69) is 20.6 Å². The van der Waals surface area contributed by atoms with Gasteiger partial charge in [-0.25, -0.2) is 0 Å². The Balaban J connectivity index is 1.35. The molecule has 182 valence electrons. The van der Waals surface area contributed by atoms with Crippen LogP contribution in [0.2, 0.25) is 0 Å². The number of fused-ring (bicyclic) bond motifs is 1. The summed E-state index contributed by atoms with van der Waals surface area (Å²) in [5.41, 5.74) is 3.40. The van der Waals surface area contributed by atoms with E-state index < -0.39 is 0 Å². The van der Waals surface area contributed by atoms with Crippen molar-refractivity contribution in [1.82, 2.24) is 25.1 Å². The van der Waals surface area contributed by atoms with E-state index in [0.29, 0.717) is 46.7 Å². The summed E-state index contributed by atoms with van der Waals surface area (Å²) < 4.78 is 23.7. The molecule has 0 aliphatic carbocycles. The van der Waals surface area contributed by atoms with E-state index >= 15 is 0 Å². The van der Waals surface area contributed by atoms with Crippen molar-refractivity contribution in [2.45, 2.75) is 13.8 Å². The molecule has 0 saturated heterocycles. The molecule has 0 fully saturated rings. The van der Waals surface area contributed by atoms with Crippen molar-refractivity contribution >= 4 is 11.6 Å². The van der Waals surface area contributed by atoms with E-state index in [0.717, 1.165) is 11.1 Å². The van der Waals surface area contributed by atoms with Gasteiger partial charge >= 0.3 is 0 Å². The van der Waals surface area contributed by atoms with Crippen LogP contribution in [0.1, 0.15) is 11.1 Å². The third-order valence-corrected chi connectivity index (χ3v) is 5.13. The van der Waals surface area contributed by atoms with Crippen molar-refractivity contribution in [3.8, 4) is 34.5 Å². The lowest BCUT2D eigenvalue weighted by molar-refractivity contribution is -0.123. The molecule has 2 aromatic heterocycles. The monoisotopic (exact) mass is 477 g/mol. The number of aromatic nitrogens is 4. The van der Waals surface area contributed by atoms with Crippen LogP contribution in [0.25, 0.3) is 17.0 Å². The number of methoxy groups -OCH3 is 2. The number of nitrogens with zero attached hydrogens (tertiary/aromatic N) is 4. The van der Waals surface area contributed by atoms with E-state index in [9.17, 15) is 4.79 Å². The number of carbonyl (C=O) groups excluding carboxylic acids is 1. The Hall–Kier alpha value is -4.34. The molecule has 10 heteroatoms. The Morgan fingerprint density at radius 2 is 1.71 bits per heavy atom. The van der Waals surface area contributed by atoms with Gasteiger partial charge in [0.15, 0.2) is 18.1 Å². The van der Waals surface area contributed by atoms with Crippen molar-refractivity contribution in [2.24, 2.45) is 0 Å². The Morgan fingerprint density at radius 1 is 0.914 bits per heavy atom. The number of nitrogens with one attached hydrogen (secondary N) is 1. The molecule has 0 aliphatic rings. The summed E-state index contributed by atoms with van der Waals surface area (Å²) in [6.07, 6.45) is 0. The predicted molar refractivity (Wildman–Crippen MR) is 129 cm³/mol. The van der Waals surface area contributed by atoms with Crippen LogP contribution in [0.4, 0.5) is 0 Å². The molecule has 4 aromatic rings. The first kappa shape index (κ1) is 23.8. The predicted octanol–water partition coefficient (Wildman–Crippen LogP) is 3.00. The summed E-state index contributed by atoms with van der Waals surface area (Å²) in [5, 5.41) is 15.7. The fourth-order valence-corrected chi connectivity index (χ4v) is 3.57. The molecule has 0 atom stereocenters. The zero-order valence-electron chi connectivity index (χ0n) is 20.1. The Morgan fingerprint density at radius 3 is 2.46 bits per heavy atom. The lowest BCUT2D eigenvalue weighted by atomic mass is 10.1. The molecule has 0 radical (unpaired) electrons. The van der Waals surface area contributed by atoms with Crippen molar-refractivity contribution in [2.75, 3.05) is 34.0 Å². The zero-order chi connectivity index (χ0) is 24.8. The largest absolute Gasteiger partial charge is 0.497 e. The first-order chi connectivity index (χ1) is 17.0. The van der Waals surface area contributed by atoms with Gasteiger partial charge in [0.25, 0.3) is 5.91 Å². The second-order valence-corrected chi connectivity index (χ2v) is 7.84. The van der Waals surface area contributed by atoms with Gasteiger partial charge in [-0.15, -0.1) is 15.3 Å². The van der Waals surface area contributed by atoms with Gasteiger partial charge in [0.05, 0.1) is 26.3 Å². The van der Waals surface area contributed by atoms with Crippen LogP contribution >= 0.6 is 0 Å². The van der Waals surface area contributed by atoms with Gasteiger partial charge in [0, 0.05) is 6.07 Å². The second kappa shape index (κ2) is 10.7. The minimum Gasteiger partial charge on any atom is -0.497 e. The highest BCUT2D eigenvalue weighted by molar-refractivity contribution is 5.77. The Labute approximate surface area is 202 Å². The van der Waals surface area contributed by atoms with E-state index in [1.165, 1.54) is 0 Å². The molecule has 10 nitrogen and oxygen atoms in total. The lowest BCUT2D eigenvalue weighted by Crippen LogP contribution is -2.32. The van der Waals surface area contributed by atoms with Gasteiger partial charge in [-0.1, -0.05) is 6.07 Å². The van der Waals surface area contributed by atoms with Crippen molar-refractivity contribution in [1.29, 1.82) is 0 Å². The summed E-state index contributed by atoms with van der Waals surface area (Å²) in [4.78, 5) is 12.1. The quantitative estimate of drug-likeness (QED) is 0.347. The average molecular weight is 478 g/mol. The number of rotatable bonds is 10. The lowest BCUT2D eigenvalue weighted by Gasteiger charge is -2.10. The standard InChI is InChI=1S/C25H27N5O5/c1-16-11-17(2)13-19(12-16)35-15-23(31)26-9-10-34-24-8-7-22-27-28-25(30(22)29-24)20-14-18(32-3)5-6-21(20)33-4/h5-8,11-14H,9-10,15H2,1-4H3,(H,26,31). The van der Waals surface area contributed by atoms with Crippen LogP contribution < -0.4 is 24.3 Å². The summed E-state index contributed by atoms with van der Waals surface area (Å²) in [6, 6.07) is 14.7. The summed E-state index contributed by atoms with van der Waals surface area (Å²) in [6.45, 7) is 4.43. The smallest absolute Gasteiger partial charge is 0.258 e. The van der Waals surface area contributed by atoms with Gasteiger partial charge in [-0.05, 0) is 61.4 Å². The molecule has 2 heterocycles. The fraction of sp³-hybridized carbons (Fsp3) is 0.280. The molecule has 1 N–H and O–H groups in total. The molecule has 0 unspecified atom stereocenters. The highest BCUT2D eigenvalue weighted by atomic mass is 16.5. The number of aryl methyl sites for hydroxylation is 2. The number of hydrogen-bond acceptors (Lipinski definition) is 8. The number of benzene rings is 2. The average Bonchev–Trinajstić information content (AvgIpc) is 3.27. The minimum atomic E-state index is -0.234. The van der Waals surface area contributed by atoms with Gasteiger partial charge < -0.3 is 24.3 Å².